The molecular weight excluding hydrogens is 234 g/mol. The third kappa shape index (κ3) is 2.88. The summed E-state index contributed by atoms with van der Waals surface area (Å²) in [5.41, 5.74) is 1.01. The van der Waals surface area contributed by atoms with Gasteiger partial charge >= 0.3 is 0 Å². The first kappa shape index (κ1) is 11.7. The lowest BCUT2D eigenvalue weighted by molar-refractivity contribution is -0.118. The Morgan fingerprint density at radius 1 is 1.24 bits per heavy atom. The van der Waals surface area contributed by atoms with E-state index in [-0.39, 0.29) is 11.8 Å². The minimum absolute atomic E-state index is 0.0410. The lowest BCUT2D eigenvalue weighted by atomic mass is 10.2. The summed E-state index contributed by atoms with van der Waals surface area (Å²) in [5.74, 6) is -0.0974. The van der Waals surface area contributed by atoms with Crippen LogP contribution in [0, 0.1) is 5.92 Å². The van der Waals surface area contributed by atoms with Crippen LogP contribution in [0.15, 0.2) is 30.3 Å². The van der Waals surface area contributed by atoms with Gasteiger partial charge in [-0.15, -0.1) is 10.2 Å². The molecule has 0 atom stereocenters. The summed E-state index contributed by atoms with van der Waals surface area (Å²) in [7, 11) is 0. The highest BCUT2D eigenvalue weighted by atomic mass is 32.1. The highest BCUT2D eigenvalue weighted by molar-refractivity contribution is 7.18. The number of nitrogens with one attached hydrogen (secondary N) is 1. The molecule has 17 heavy (non-hydrogen) atoms. The molecule has 0 spiro atoms. The van der Waals surface area contributed by atoms with E-state index in [0.717, 1.165) is 10.6 Å². The summed E-state index contributed by atoms with van der Waals surface area (Å²) >= 11 is 1.38. The van der Waals surface area contributed by atoms with Gasteiger partial charge in [0, 0.05) is 11.5 Å². The molecule has 2 aromatic rings. The Balaban J connectivity index is 2.14. The smallest absolute Gasteiger partial charge is 0.228 e. The fourth-order valence-electron chi connectivity index (χ4n) is 1.22. The lowest BCUT2D eigenvalue weighted by Crippen LogP contribution is -2.17. The molecule has 1 N–H and O–H groups in total. The predicted octanol–water partition coefficient (Wildman–Crippen LogP) is 2.80. The number of anilines is 1. The highest BCUT2D eigenvalue weighted by Crippen LogP contribution is 2.25. The van der Waals surface area contributed by atoms with E-state index in [1.54, 1.807) is 0 Å². The van der Waals surface area contributed by atoms with E-state index in [9.17, 15) is 4.79 Å². The van der Waals surface area contributed by atoms with Gasteiger partial charge in [-0.05, 0) is 0 Å². The minimum Gasteiger partial charge on any atom is -0.300 e. The van der Waals surface area contributed by atoms with Crippen molar-refractivity contribution in [1.29, 1.82) is 0 Å². The zero-order valence-electron chi connectivity index (χ0n) is 9.68. The number of hydrogen-bond donors (Lipinski definition) is 1. The van der Waals surface area contributed by atoms with Gasteiger partial charge in [-0.1, -0.05) is 55.5 Å². The predicted molar refractivity (Wildman–Crippen MR) is 68.8 cm³/mol. The average Bonchev–Trinajstić information content (AvgIpc) is 2.78. The Kier molecular flexibility index (Phi) is 3.49. The number of benzene rings is 1. The summed E-state index contributed by atoms with van der Waals surface area (Å²) in [4.78, 5) is 11.5. The summed E-state index contributed by atoms with van der Waals surface area (Å²) in [6, 6.07) is 9.78. The molecule has 0 saturated heterocycles. The molecule has 5 heteroatoms. The van der Waals surface area contributed by atoms with Gasteiger partial charge in [-0.3, -0.25) is 4.79 Å². The maximum atomic E-state index is 11.5. The van der Waals surface area contributed by atoms with Crippen LogP contribution < -0.4 is 5.32 Å². The van der Waals surface area contributed by atoms with E-state index >= 15 is 0 Å². The standard InChI is InChI=1S/C12H13N3OS/c1-8(2)10(16)13-12-15-14-11(17-12)9-6-4-3-5-7-9/h3-8H,1-2H3,(H,13,15,16). The Hall–Kier alpha value is -1.75. The van der Waals surface area contributed by atoms with Gasteiger partial charge in [0.2, 0.25) is 11.0 Å². The zero-order chi connectivity index (χ0) is 12.3. The van der Waals surface area contributed by atoms with E-state index < -0.39 is 0 Å². The number of aromatic nitrogens is 2. The van der Waals surface area contributed by atoms with Crippen molar-refractivity contribution in [3.8, 4) is 10.6 Å². The van der Waals surface area contributed by atoms with E-state index in [1.165, 1.54) is 11.3 Å². The van der Waals surface area contributed by atoms with Crippen LogP contribution in [0.3, 0.4) is 0 Å². The van der Waals surface area contributed by atoms with Gasteiger partial charge in [-0.25, -0.2) is 0 Å². The van der Waals surface area contributed by atoms with Gasteiger partial charge < -0.3 is 5.32 Å². The van der Waals surface area contributed by atoms with Crippen LogP contribution in [0.4, 0.5) is 5.13 Å². The molecule has 0 aliphatic rings. The highest BCUT2D eigenvalue weighted by Gasteiger charge is 2.11. The molecule has 4 nitrogen and oxygen atoms in total. The number of nitrogens with zero attached hydrogens (tertiary/aromatic N) is 2. The van der Waals surface area contributed by atoms with Crippen LogP contribution >= 0.6 is 11.3 Å². The number of carbonyl (C=O) groups excluding carboxylic acids is 1. The molecule has 0 aliphatic heterocycles. The number of rotatable bonds is 3. The first-order valence-electron chi connectivity index (χ1n) is 5.36. The molecule has 1 aromatic carbocycles. The van der Waals surface area contributed by atoms with Crippen molar-refractivity contribution in [2.75, 3.05) is 5.32 Å². The van der Waals surface area contributed by atoms with Crippen molar-refractivity contribution in [3.63, 3.8) is 0 Å². The largest absolute Gasteiger partial charge is 0.300 e. The monoisotopic (exact) mass is 247 g/mol. The molecular formula is C12H13N3OS. The second kappa shape index (κ2) is 5.05. The van der Waals surface area contributed by atoms with Crippen molar-refractivity contribution < 1.29 is 4.79 Å². The van der Waals surface area contributed by atoms with Gasteiger partial charge in [0.25, 0.3) is 0 Å². The van der Waals surface area contributed by atoms with Gasteiger partial charge in [0.05, 0.1) is 0 Å². The first-order chi connectivity index (χ1) is 8.16. The van der Waals surface area contributed by atoms with Crippen LogP contribution in [0.5, 0.6) is 0 Å². The van der Waals surface area contributed by atoms with E-state index in [0.29, 0.717) is 5.13 Å². The van der Waals surface area contributed by atoms with E-state index in [2.05, 4.69) is 15.5 Å². The number of hydrogen-bond acceptors (Lipinski definition) is 4. The van der Waals surface area contributed by atoms with Gasteiger partial charge in [0.15, 0.2) is 0 Å². The summed E-state index contributed by atoms with van der Waals surface area (Å²) in [5, 5.41) is 12.1. The van der Waals surface area contributed by atoms with E-state index in [4.69, 9.17) is 0 Å². The van der Waals surface area contributed by atoms with Crippen LogP contribution in [0.1, 0.15) is 13.8 Å². The molecule has 0 aliphatic carbocycles. The maximum Gasteiger partial charge on any atom is 0.228 e. The second-order valence-electron chi connectivity index (χ2n) is 3.92. The molecule has 0 bridgehead atoms. The molecule has 0 fully saturated rings. The van der Waals surface area contributed by atoms with Gasteiger partial charge in [-0.2, -0.15) is 0 Å². The maximum absolute atomic E-state index is 11.5. The van der Waals surface area contributed by atoms with Crippen LogP contribution in [-0.2, 0) is 4.79 Å². The number of carbonyl (C=O) groups is 1. The molecule has 1 aromatic heterocycles. The van der Waals surface area contributed by atoms with Crippen molar-refractivity contribution >= 4 is 22.4 Å². The molecule has 1 heterocycles. The van der Waals surface area contributed by atoms with Crippen molar-refractivity contribution in [2.45, 2.75) is 13.8 Å². The average molecular weight is 247 g/mol. The zero-order valence-corrected chi connectivity index (χ0v) is 10.5. The summed E-state index contributed by atoms with van der Waals surface area (Å²) in [6.45, 7) is 3.68. The van der Waals surface area contributed by atoms with Crippen molar-refractivity contribution in [3.05, 3.63) is 30.3 Å². The summed E-state index contributed by atoms with van der Waals surface area (Å²) in [6.07, 6.45) is 0. The quantitative estimate of drug-likeness (QED) is 0.907. The lowest BCUT2D eigenvalue weighted by Gasteiger charge is -2.02. The summed E-state index contributed by atoms with van der Waals surface area (Å²) < 4.78 is 0. The Morgan fingerprint density at radius 3 is 2.59 bits per heavy atom. The van der Waals surface area contributed by atoms with Crippen LogP contribution in [0.2, 0.25) is 0 Å². The molecule has 0 radical (unpaired) electrons. The normalized spacial score (nSPS) is 10.5. The Bertz CT molecular complexity index is 507. The topological polar surface area (TPSA) is 54.9 Å². The second-order valence-corrected chi connectivity index (χ2v) is 4.90. The molecule has 0 saturated carbocycles. The molecule has 0 unspecified atom stereocenters. The van der Waals surface area contributed by atoms with Crippen LogP contribution in [-0.4, -0.2) is 16.1 Å². The van der Waals surface area contributed by atoms with Crippen molar-refractivity contribution in [2.24, 2.45) is 5.92 Å². The van der Waals surface area contributed by atoms with Crippen LogP contribution in [0.25, 0.3) is 10.6 Å². The third-order valence-corrected chi connectivity index (χ3v) is 3.09. The fourth-order valence-corrected chi connectivity index (χ4v) is 1.97. The fraction of sp³-hybridized carbons (Fsp3) is 0.250. The van der Waals surface area contributed by atoms with Crippen molar-refractivity contribution in [1.82, 2.24) is 10.2 Å². The Labute approximate surface area is 104 Å². The SMILES string of the molecule is CC(C)C(=O)Nc1nnc(-c2ccccc2)s1. The third-order valence-electron chi connectivity index (χ3n) is 2.20. The van der Waals surface area contributed by atoms with Gasteiger partial charge in [0.1, 0.15) is 5.01 Å². The number of amides is 1. The molecule has 1 amide bonds. The molecule has 2 rings (SSSR count). The minimum atomic E-state index is -0.0564. The van der Waals surface area contributed by atoms with E-state index in [1.807, 2.05) is 44.2 Å². The molecule has 88 valence electrons. The Morgan fingerprint density at radius 2 is 1.94 bits per heavy atom. The first-order valence-corrected chi connectivity index (χ1v) is 6.18.